The molecule has 0 radical (unpaired) electrons. The van der Waals surface area contributed by atoms with Crippen LogP contribution in [-0.2, 0) is 17.8 Å². The second-order valence-corrected chi connectivity index (χ2v) is 7.48. The summed E-state index contributed by atoms with van der Waals surface area (Å²) in [6.45, 7) is 5.20. The fraction of sp³-hybridized carbons (Fsp3) is 0.304. The quantitative estimate of drug-likeness (QED) is 0.655. The van der Waals surface area contributed by atoms with Crippen molar-refractivity contribution in [1.29, 1.82) is 0 Å². The summed E-state index contributed by atoms with van der Waals surface area (Å²) in [6.07, 6.45) is 0.121. The van der Waals surface area contributed by atoms with Crippen LogP contribution < -0.4 is 5.32 Å². The van der Waals surface area contributed by atoms with Crippen LogP contribution in [0.3, 0.4) is 0 Å². The average molecular weight is 426 g/mol. The number of carbonyl (C=O) groups excluding carboxylic acids is 1. The van der Waals surface area contributed by atoms with Gasteiger partial charge in [0.05, 0.1) is 18.3 Å². The van der Waals surface area contributed by atoms with Crippen LogP contribution in [-0.4, -0.2) is 34.0 Å². The third-order valence-corrected chi connectivity index (χ3v) is 5.42. The van der Waals surface area contributed by atoms with E-state index in [-0.39, 0.29) is 17.7 Å². The molecule has 1 aliphatic rings. The van der Waals surface area contributed by atoms with Crippen molar-refractivity contribution in [3.8, 4) is 11.3 Å². The second-order valence-electron chi connectivity index (χ2n) is 7.48. The van der Waals surface area contributed by atoms with E-state index in [4.69, 9.17) is 9.94 Å². The van der Waals surface area contributed by atoms with Gasteiger partial charge in [-0.25, -0.2) is 13.6 Å². The van der Waals surface area contributed by atoms with Gasteiger partial charge in [-0.15, -0.1) is 5.06 Å². The van der Waals surface area contributed by atoms with Crippen molar-refractivity contribution in [2.24, 2.45) is 0 Å². The van der Waals surface area contributed by atoms with E-state index >= 15 is 0 Å². The number of benzene rings is 2. The molecule has 1 aromatic heterocycles. The van der Waals surface area contributed by atoms with E-state index in [9.17, 15) is 13.6 Å². The number of amides is 1. The molecule has 0 saturated carbocycles. The third kappa shape index (κ3) is 4.44. The Bertz CT molecular complexity index is 1060. The monoisotopic (exact) mass is 426 g/mol. The van der Waals surface area contributed by atoms with E-state index < -0.39 is 6.09 Å². The number of fused-ring (bicyclic) bond motifs is 1. The molecule has 2 heterocycles. The lowest BCUT2D eigenvalue weighted by molar-refractivity contribution is -0.111. The molecule has 2 aromatic carbocycles. The minimum Gasteiger partial charge on any atom is -0.351 e. The molecule has 0 saturated heterocycles. The molecule has 3 aromatic rings. The Balaban J connectivity index is 1.72. The minimum absolute atomic E-state index is 0.126. The van der Waals surface area contributed by atoms with E-state index in [1.165, 1.54) is 24.3 Å². The van der Waals surface area contributed by atoms with Crippen molar-refractivity contribution >= 4 is 6.09 Å². The molecule has 8 heteroatoms. The zero-order chi connectivity index (χ0) is 22.0. The number of nitrogens with zero attached hydrogens (tertiary/aromatic N) is 3. The van der Waals surface area contributed by atoms with Gasteiger partial charge in [-0.3, -0.25) is 4.68 Å². The van der Waals surface area contributed by atoms with Crippen LogP contribution in [0.15, 0.2) is 48.5 Å². The van der Waals surface area contributed by atoms with Crippen LogP contribution in [0, 0.1) is 11.6 Å². The lowest BCUT2D eigenvalue weighted by Gasteiger charge is -2.27. The Morgan fingerprint density at radius 1 is 1.13 bits per heavy atom. The van der Waals surface area contributed by atoms with E-state index in [0.29, 0.717) is 31.7 Å². The second kappa shape index (κ2) is 8.85. The van der Waals surface area contributed by atoms with Gasteiger partial charge < -0.3 is 10.2 Å². The van der Waals surface area contributed by atoms with Gasteiger partial charge in [-0.05, 0) is 55.8 Å². The zero-order valence-corrected chi connectivity index (χ0v) is 17.4. The predicted molar refractivity (Wildman–Crippen MR) is 112 cm³/mol. The summed E-state index contributed by atoms with van der Waals surface area (Å²) >= 11 is 0. The molecule has 0 spiro atoms. The Kier molecular flexibility index (Phi) is 5.99. The van der Waals surface area contributed by atoms with Crippen molar-refractivity contribution < 1.29 is 18.4 Å². The largest absolute Gasteiger partial charge is 0.426 e. The van der Waals surface area contributed by atoms with E-state index in [2.05, 4.69) is 5.32 Å². The number of aromatic nitrogens is 2. The highest BCUT2D eigenvalue weighted by molar-refractivity contribution is 5.67. The summed E-state index contributed by atoms with van der Waals surface area (Å²) in [5.74, 6) is -0.610. The molecule has 162 valence electrons. The van der Waals surface area contributed by atoms with Gasteiger partial charge >= 0.3 is 6.09 Å². The summed E-state index contributed by atoms with van der Waals surface area (Å²) in [6, 6.07) is 12.4. The molecule has 1 amide bonds. The van der Waals surface area contributed by atoms with Crippen LogP contribution >= 0.6 is 0 Å². The fourth-order valence-corrected chi connectivity index (χ4v) is 3.84. The van der Waals surface area contributed by atoms with Crippen LogP contribution in [0.2, 0.25) is 0 Å². The molecule has 1 N–H and O–H groups in total. The first-order chi connectivity index (χ1) is 15.0. The first-order valence-electron chi connectivity index (χ1n) is 10.3. The molecule has 4 rings (SSSR count). The van der Waals surface area contributed by atoms with Gasteiger partial charge in [-0.1, -0.05) is 12.1 Å². The van der Waals surface area contributed by atoms with Gasteiger partial charge in [0, 0.05) is 36.3 Å². The minimum atomic E-state index is -0.499. The molecule has 0 aliphatic carbocycles. The number of hydrogen-bond donors (Lipinski definition) is 1. The number of halogens is 2. The van der Waals surface area contributed by atoms with E-state index in [1.54, 1.807) is 29.3 Å². The maximum Gasteiger partial charge on any atom is 0.426 e. The highest BCUT2D eigenvalue weighted by Gasteiger charge is 2.29. The van der Waals surface area contributed by atoms with Crippen LogP contribution in [0.5, 0.6) is 0 Å². The summed E-state index contributed by atoms with van der Waals surface area (Å²) in [7, 11) is 0. The number of carbonyl (C=O) groups is 1. The Hall–Kier alpha value is -3.26. The van der Waals surface area contributed by atoms with Gasteiger partial charge in [-0.2, -0.15) is 5.10 Å². The summed E-state index contributed by atoms with van der Waals surface area (Å²) in [5, 5.41) is 9.09. The highest BCUT2D eigenvalue weighted by atomic mass is 19.1. The lowest BCUT2D eigenvalue weighted by Crippen LogP contribution is -2.37. The number of hydrogen-bond acceptors (Lipinski definition) is 4. The SMILES string of the molecule is CCNC(=O)ON1CCc2c(c(-c3ccc(F)cc3)nn2[C@@H](C)c2ccc(F)cc2)C1. The fourth-order valence-electron chi connectivity index (χ4n) is 3.84. The zero-order valence-electron chi connectivity index (χ0n) is 17.4. The molecule has 0 fully saturated rings. The van der Waals surface area contributed by atoms with Crippen molar-refractivity contribution in [3.63, 3.8) is 0 Å². The molecule has 0 unspecified atom stereocenters. The lowest BCUT2D eigenvalue weighted by atomic mass is 10.0. The topological polar surface area (TPSA) is 59.4 Å². The summed E-state index contributed by atoms with van der Waals surface area (Å²) in [5.41, 5.74) is 4.37. The molecular formula is C23H24F2N4O2. The maximum atomic E-state index is 13.5. The van der Waals surface area contributed by atoms with Crippen LogP contribution in [0.25, 0.3) is 11.3 Å². The van der Waals surface area contributed by atoms with Crippen molar-refractivity contribution in [2.75, 3.05) is 13.1 Å². The van der Waals surface area contributed by atoms with E-state index in [1.807, 2.05) is 18.5 Å². The number of nitrogens with one attached hydrogen (secondary N) is 1. The Morgan fingerprint density at radius 3 is 2.42 bits per heavy atom. The van der Waals surface area contributed by atoms with E-state index in [0.717, 1.165) is 22.4 Å². The number of hydroxylamine groups is 2. The smallest absolute Gasteiger partial charge is 0.351 e. The summed E-state index contributed by atoms with van der Waals surface area (Å²) < 4.78 is 28.8. The van der Waals surface area contributed by atoms with Crippen molar-refractivity contribution in [2.45, 2.75) is 32.9 Å². The molecule has 31 heavy (non-hydrogen) atoms. The van der Waals surface area contributed by atoms with Gasteiger partial charge in [0.1, 0.15) is 11.6 Å². The number of rotatable bonds is 5. The molecule has 6 nitrogen and oxygen atoms in total. The molecule has 0 bridgehead atoms. The normalized spacial score (nSPS) is 14.7. The maximum absolute atomic E-state index is 13.5. The van der Waals surface area contributed by atoms with Crippen molar-refractivity contribution in [1.82, 2.24) is 20.2 Å². The molecule has 1 aliphatic heterocycles. The van der Waals surface area contributed by atoms with Crippen molar-refractivity contribution in [3.05, 3.63) is 77.0 Å². The standard InChI is InChI=1S/C23H24F2N4O2/c1-3-26-23(30)31-28-13-12-21-20(14-28)22(17-6-10-19(25)11-7-17)27-29(21)15(2)16-4-8-18(24)9-5-16/h4-11,15H,3,12-14H2,1-2H3,(H,26,30)/t15-/m0/s1. The summed E-state index contributed by atoms with van der Waals surface area (Å²) in [4.78, 5) is 17.3. The predicted octanol–water partition coefficient (Wildman–Crippen LogP) is 4.46. The molecule has 1 atom stereocenters. The Labute approximate surface area is 179 Å². The van der Waals surface area contributed by atoms with Crippen LogP contribution in [0.4, 0.5) is 13.6 Å². The van der Waals surface area contributed by atoms with Crippen LogP contribution in [0.1, 0.15) is 36.7 Å². The first-order valence-corrected chi connectivity index (χ1v) is 10.3. The average Bonchev–Trinajstić information content (AvgIpc) is 3.13. The first kappa shape index (κ1) is 21.0. The van der Waals surface area contributed by atoms with Gasteiger partial charge in [0.2, 0.25) is 0 Å². The van der Waals surface area contributed by atoms with Gasteiger partial charge in [0.25, 0.3) is 0 Å². The highest BCUT2D eigenvalue weighted by Crippen LogP contribution is 2.33. The van der Waals surface area contributed by atoms with Gasteiger partial charge in [0.15, 0.2) is 0 Å². The third-order valence-electron chi connectivity index (χ3n) is 5.42. The Morgan fingerprint density at radius 2 is 1.77 bits per heavy atom. The molecular weight excluding hydrogens is 402 g/mol.